The van der Waals surface area contributed by atoms with Crippen LogP contribution in [0.15, 0.2) is 47.6 Å². The Balaban J connectivity index is 1.82. The van der Waals surface area contributed by atoms with Gasteiger partial charge in [-0.1, -0.05) is 12.1 Å². The molecule has 100 valence electrons. The van der Waals surface area contributed by atoms with Gasteiger partial charge in [0.2, 0.25) is 5.91 Å². The first kappa shape index (κ1) is 13.7. The van der Waals surface area contributed by atoms with Crippen LogP contribution in [-0.2, 0) is 17.8 Å². The molecule has 1 N–H and O–H groups in total. The SMILES string of the molecule is CC(Cn1cccn1)NC(=O)Cc1ccc(S)cc1. The summed E-state index contributed by atoms with van der Waals surface area (Å²) >= 11 is 4.22. The van der Waals surface area contributed by atoms with E-state index in [0.29, 0.717) is 13.0 Å². The van der Waals surface area contributed by atoms with Crippen LogP contribution in [-0.4, -0.2) is 21.7 Å². The van der Waals surface area contributed by atoms with E-state index in [4.69, 9.17) is 0 Å². The highest BCUT2D eigenvalue weighted by Gasteiger charge is 2.08. The molecule has 0 saturated carbocycles. The summed E-state index contributed by atoms with van der Waals surface area (Å²) in [6.45, 7) is 2.64. The highest BCUT2D eigenvalue weighted by molar-refractivity contribution is 7.80. The summed E-state index contributed by atoms with van der Waals surface area (Å²) in [7, 11) is 0. The van der Waals surface area contributed by atoms with Crippen molar-refractivity contribution in [3.05, 3.63) is 48.3 Å². The van der Waals surface area contributed by atoms with E-state index in [1.54, 1.807) is 10.9 Å². The Hall–Kier alpha value is -1.75. The fourth-order valence-electron chi connectivity index (χ4n) is 1.86. The predicted molar refractivity (Wildman–Crippen MR) is 77.2 cm³/mol. The van der Waals surface area contributed by atoms with Gasteiger partial charge in [0.05, 0.1) is 13.0 Å². The van der Waals surface area contributed by atoms with Crippen LogP contribution >= 0.6 is 12.6 Å². The van der Waals surface area contributed by atoms with Crippen molar-refractivity contribution in [1.82, 2.24) is 15.1 Å². The van der Waals surface area contributed by atoms with Gasteiger partial charge in [-0.15, -0.1) is 12.6 Å². The number of rotatable bonds is 5. The van der Waals surface area contributed by atoms with Crippen molar-refractivity contribution in [2.75, 3.05) is 0 Å². The second kappa shape index (κ2) is 6.43. The minimum atomic E-state index is 0.0200. The Morgan fingerprint density at radius 3 is 2.79 bits per heavy atom. The van der Waals surface area contributed by atoms with Crippen molar-refractivity contribution in [3.8, 4) is 0 Å². The minimum Gasteiger partial charge on any atom is -0.351 e. The van der Waals surface area contributed by atoms with Crippen molar-refractivity contribution in [3.63, 3.8) is 0 Å². The molecule has 2 aromatic rings. The highest BCUT2D eigenvalue weighted by Crippen LogP contribution is 2.08. The number of benzene rings is 1. The summed E-state index contributed by atoms with van der Waals surface area (Å²) in [5.41, 5.74) is 0.988. The van der Waals surface area contributed by atoms with Crippen LogP contribution in [0.2, 0.25) is 0 Å². The number of thiol groups is 1. The van der Waals surface area contributed by atoms with Gasteiger partial charge in [0.25, 0.3) is 0 Å². The summed E-state index contributed by atoms with van der Waals surface area (Å²) in [4.78, 5) is 12.8. The van der Waals surface area contributed by atoms with Crippen LogP contribution < -0.4 is 5.32 Å². The van der Waals surface area contributed by atoms with Crippen LogP contribution in [0, 0.1) is 0 Å². The van der Waals surface area contributed by atoms with Crippen LogP contribution in [0.25, 0.3) is 0 Å². The molecular weight excluding hydrogens is 258 g/mol. The van der Waals surface area contributed by atoms with Crippen LogP contribution in [0.1, 0.15) is 12.5 Å². The monoisotopic (exact) mass is 275 g/mol. The Morgan fingerprint density at radius 2 is 2.16 bits per heavy atom. The maximum absolute atomic E-state index is 11.9. The van der Waals surface area contributed by atoms with Gasteiger partial charge in [0, 0.05) is 23.3 Å². The molecule has 0 aliphatic heterocycles. The first-order chi connectivity index (χ1) is 9.13. The lowest BCUT2D eigenvalue weighted by molar-refractivity contribution is -0.121. The van der Waals surface area contributed by atoms with Gasteiger partial charge in [-0.2, -0.15) is 5.10 Å². The zero-order chi connectivity index (χ0) is 13.7. The fraction of sp³-hybridized carbons (Fsp3) is 0.286. The second-order valence-electron chi connectivity index (χ2n) is 4.54. The molecule has 5 heteroatoms. The standard InChI is InChI=1S/C14H17N3OS/c1-11(10-17-8-2-7-15-17)16-14(18)9-12-3-5-13(19)6-4-12/h2-8,11,19H,9-10H2,1H3,(H,16,18). The molecule has 0 aliphatic carbocycles. The van der Waals surface area contributed by atoms with E-state index in [0.717, 1.165) is 10.5 Å². The van der Waals surface area contributed by atoms with Crippen LogP contribution in [0.4, 0.5) is 0 Å². The van der Waals surface area contributed by atoms with Gasteiger partial charge in [-0.05, 0) is 30.7 Å². The topological polar surface area (TPSA) is 46.9 Å². The summed E-state index contributed by atoms with van der Waals surface area (Å²) in [5, 5.41) is 7.08. The number of amides is 1. The molecule has 1 aromatic carbocycles. The van der Waals surface area contributed by atoms with Crippen molar-refractivity contribution < 1.29 is 4.79 Å². The van der Waals surface area contributed by atoms with E-state index >= 15 is 0 Å². The number of carbonyl (C=O) groups excluding carboxylic acids is 1. The minimum absolute atomic E-state index is 0.0200. The molecule has 1 amide bonds. The lowest BCUT2D eigenvalue weighted by Crippen LogP contribution is -2.36. The maximum Gasteiger partial charge on any atom is 0.224 e. The number of nitrogens with one attached hydrogen (secondary N) is 1. The average Bonchev–Trinajstić information content (AvgIpc) is 2.84. The van der Waals surface area contributed by atoms with Gasteiger partial charge < -0.3 is 5.32 Å². The third kappa shape index (κ3) is 4.44. The molecule has 0 saturated heterocycles. The number of aromatic nitrogens is 2. The maximum atomic E-state index is 11.9. The van der Waals surface area contributed by atoms with E-state index in [-0.39, 0.29) is 11.9 Å². The molecule has 0 spiro atoms. The predicted octanol–water partition coefficient (Wildman–Crippen LogP) is 1.92. The zero-order valence-corrected chi connectivity index (χ0v) is 11.7. The summed E-state index contributed by atoms with van der Waals surface area (Å²) in [5.74, 6) is 0.0200. The molecule has 0 radical (unpaired) electrons. The molecule has 2 rings (SSSR count). The van der Waals surface area contributed by atoms with Crippen molar-refractivity contribution in [1.29, 1.82) is 0 Å². The normalized spacial score (nSPS) is 12.1. The molecular formula is C14H17N3OS. The van der Waals surface area contributed by atoms with E-state index in [1.807, 2.05) is 43.5 Å². The Bertz CT molecular complexity index is 522. The van der Waals surface area contributed by atoms with Gasteiger partial charge in [-0.25, -0.2) is 0 Å². The zero-order valence-electron chi connectivity index (χ0n) is 10.8. The van der Waals surface area contributed by atoms with Crippen molar-refractivity contribution in [2.45, 2.75) is 30.8 Å². The number of hydrogen-bond donors (Lipinski definition) is 2. The molecule has 4 nitrogen and oxygen atoms in total. The average molecular weight is 275 g/mol. The second-order valence-corrected chi connectivity index (χ2v) is 5.06. The third-order valence-electron chi connectivity index (χ3n) is 2.73. The summed E-state index contributed by atoms with van der Waals surface area (Å²) < 4.78 is 1.81. The van der Waals surface area contributed by atoms with E-state index in [9.17, 15) is 4.79 Å². The van der Waals surface area contributed by atoms with Gasteiger partial charge in [0.15, 0.2) is 0 Å². The fourth-order valence-corrected chi connectivity index (χ4v) is 2.01. The largest absolute Gasteiger partial charge is 0.351 e. The van der Waals surface area contributed by atoms with E-state index in [2.05, 4.69) is 23.0 Å². The van der Waals surface area contributed by atoms with Crippen LogP contribution in [0.3, 0.4) is 0 Å². The molecule has 1 unspecified atom stereocenters. The molecule has 1 heterocycles. The van der Waals surface area contributed by atoms with Crippen molar-refractivity contribution >= 4 is 18.5 Å². The first-order valence-electron chi connectivity index (χ1n) is 6.18. The molecule has 19 heavy (non-hydrogen) atoms. The van der Waals surface area contributed by atoms with Crippen LogP contribution in [0.5, 0.6) is 0 Å². The van der Waals surface area contributed by atoms with E-state index < -0.39 is 0 Å². The van der Waals surface area contributed by atoms with Gasteiger partial charge in [-0.3, -0.25) is 9.48 Å². The summed E-state index contributed by atoms with van der Waals surface area (Å²) in [6, 6.07) is 9.53. The number of carbonyl (C=O) groups is 1. The highest BCUT2D eigenvalue weighted by atomic mass is 32.1. The molecule has 0 bridgehead atoms. The Labute approximate surface area is 118 Å². The summed E-state index contributed by atoms with van der Waals surface area (Å²) in [6.07, 6.45) is 4.00. The lowest BCUT2D eigenvalue weighted by atomic mass is 10.1. The lowest BCUT2D eigenvalue weighted by Gasteiger charge is -2.14. The molecule has 0 aliphatic rings. The Kier molecular flexibility index (Phi) is 4.63. The molecule has 1 aromatic heterocycles. The third-order valence-corrected chi connectivity index (χ3v) is 3.03. The van der Waals surface area contributed by atoms with E-state index in [1.165, 1.54) is 0 Å². The number of hydrogen-bond acceptors (Lipinski definition) is 3. The quantitative estimate of drug-likeness (QED) is 0.819. The Morgan fingerprint density at radius 1 is 1.42 bits per heavy atom. The van der Waals surface area contributed by atoms with Crippen molar-refractivity contribution in [2.24, 2.45) is 0 Å². The van der Waals surface area contributed by atoms with Gasteiger partial charge in [0.1, 0.15) is 0 Å². The number of nitrogens with zero attached hydrogens (tertiary/aromatic N) is 2. The molecule has 0 fully saturated rings. The molecule has 1 atom stereocenters. The first-order valence-corrected chi connectivity index (χ1v) is 6.63. The van der Waals surface area contributed by atoms with Gasteiger partial charge >= 0.3 is 0 Å². The smallest absolute Gasteiger partial charge is 0.224 e.